The Hall–Kier alpha value is -4.26. The van der Waals surface area contributed by atoms with E-state index >= 15 is 0 Å². The van der Waals surface area contributed by atoms with Crippen molar-refractivity contribution in [2.24, 2.45) is 0 Å². The van der Waals surface area contributed by atoms with E-state index in [1.165, 1.54) is 0 Å². The first kappa shape index (κ1) is 23.5. The van der Waals surface area contributed by atoms with Gasteiger partial charge in [0.05, 0.1) is 42.1 Å². The monoisotopic (exact) mass is 483 g/mol. The first-order valence-electron chi connectivity index (χ1n) is 12.2. The van der Waals surface area contributed by atoms with Crippen LogP contribution in [0.3, 0.4) is 0 Å². The Kier molecular flexibility index (Phi) is 6.38. The first-order chi connectivity index (χ1) is 17.6. The summed E-state index contributed by atoms with van der Waals surface area (Å²) in [4.78, 5) is 18.5. The number of amides is 1. The molecular formula is C29H29N3O4. The SMILES string of the molecule is CCOc1cc(C(=O)Nc2c3ccccc3n3c(C)nc4ccccc4c23)cc(OCC)c1OCC. The largest absolute Gasteiger partial charge is 0.490 e. The van der Waals surface area contributed by atoms with Gasteiger partial charge in [0.15, 0.2) is 11.5 Å². The highest BCUT2D eigenvalue weighted by atomic mass is 16.5. The number of rotatable bonds is 8. The third-order valence-corrected chi connectivity index (χ3v) is 6.05. The van der Waals surface area contributed by atoms with Gasteiger partial charge in [-0.25, -0.2) is 4.98 Å². The molecule has 0 spiro atoms. The zero-order valence-electron chi connectivity index (χ0n) is 20.9. The average molecular weight is 484 g/mol. The number of fused-ring (bicyclic) bond motifs is 5. The molecule has 3 aromatic carbocycles. The molecule has 184 valence electrons. The van der Waals surface area contributed by atoms with Crippen LogP contribution in [0.25, 0.3) is 27.3 Å². The van der Waals surface area contributed by atoms with Crippen LogP contribution < -0.4 is 19.5 Å². The molecule has 1 N–H and O–H groups in total. The van der Waals surface area contributed by atoms with Crippen molar-refractivity contribution in [1.82, 2.24) is 9.38 Å². The number of anilines is 1. The van der Waals surface area contributed by atoms with E-state index in [9.17, 15) is 4.79 Å². The number of ether oxygens (including phenoxy) is 3. The summed E-state index contributed by atoms with van der Waals surface area (Å²) in [6, 6.07) is 19.4. The van der Waals surface area contributed by atoms with Crippen LogP contribution in [-0.4, -0.2) is 35.1 Å². The van der Waals surface area contributed by atoms with Crippen molar-refractivity contribution in [2.75, 3.05) is 25.1 Å². The van der Waals surface area contributed by atoms with Gasteiger partial charge in [0.1, 0.15) is 5.82 Å². The maximum atomic E-state index is 13.7. The zero-order chi connectivity index (χ0) is 25.2. The Balaban J connectivity index is 1.69. The Morgan fingerprint density at radius 2 is 1.47 bits per heavy atom. The van der Waals surface area contributed by atoms with Crippen LogP contribution in [0, 0.1) is 6.92 Å². The lowest BCUT2D eigenvalue weighted by Gasteiger charge is -2.17. The third kappa shape index (κ3) is 3.96. The second-order valence-electron chi connectivity index (χ2n) is 8.31. The van der Waals surface area contributed by atoms with E-state index in [-0.39, 0.29) is 5.91 Å². The molecule has 0 unspecified atom stereocenters. The molecule has 1 amide bonds. The van der Waals surface area contributed by atoms with Gasteiger partial charge in [-0.15, -0.1) is 0 Å². The highest BCUT2D eigenvalue weighted by Crippen LogP contribution is 2.40. The van der Waals surface area contributed by atoms with Crippen molar-refractivity contribution in [3.8, 4) is 17.2 Å². The lowest BCUT2D eigenvalue weighted by molar-refractivity contribution is 0.102. The van der Waals surface area contributed by atoms with Gasteiger partial charge in [-0.3, -0.25) is 9.20 Å². The Bertz CT molecular complexity index is 1560. The summed E-state index contributed by atoms with van der Waals surface area (Å²) in [7, 11) is 0. The van der Waals surface area contributed by atoms with Crippen LogP contribution in [0.4, 0.5) is 5.69 Å². The molecule has 0 radical (unpaired) electrons. The van der Waals surface area contributed by atoms with Crippen molar-refractivity contribution in [2.45, 2.75) is 27.7 Å². The van der Waals surface area contributed by atoms with E-state index in [0.29, 0.717) is 42.6 Å². The molecule has 0 fully saturated rings. The first-order valence-corrected chi connectivity index (χ1v) is 12.2. The van der Waals surface area contributed by atoms with Gasteiger partial charge in [0, 0.05) is 16.3 Å². The molecule has 0 bridgehead atoms. The molecule has 0 saturated carbocycles. The highest BCUT2D eigenvalue weighted by Gasteiger charge is 2.22. The molecular weight excluding hydrogens is 454 g/mol. The Morgan fingerprint density at radius 1 is 0.861 bits per heavy atom. The number of benzene rings is 3. The smallest absolute Gasteiger partial charge is 0.256 e. The summed E-state index contributed by atoms with van der Waals surface area (Å²) in [5.41, 5.74) is 3.93. The van der Waals surface area contributed by atoms with E-state index in [1.54, 1.807) is 12.1 Å². The highest BCUT2D eigenvalue weighted by molar-refractivity contribution is 6.19. The van der Waals surface area contributed by atoms with Crippen molar-refractivity contribution in [1.29, 1.82) is 0 Å². The number of aromatic nitrogens is 2. The van der Waals surface area contributed by atoms with E-state index < -0.39 is 0 Å². The Labute approximate surface area is 209 Å². The van der Waals surface area contributed by atoms with Crippen LogP contribution in [0.15, 0.2) is 60.7 Å². The van der Waals surface area contributed by atoms with Crippen LogP contribution in [0.2, 0.25) is 0 Å². The Morgan fingerprint density at radius 3 is 2.14 bits per heavy atom. The summed E-state index contributed by atoms with van der Waals surface area (Å²) in [5.74, 6) is 2.04. The predicted molar refractivity (Wildman–Crippen MR) is 143 cm³/mol. The van der Waals surface area contributed by atoms with E-state index in [4.69, 9.17) is 19.2 Å². The third-order valence-electron chi connectivity index (χ3n) is 6.05. The van der Waals surface area contributed by atoms with Gasteiger partial charge in [0.2, 0.25) is 5.75 Å². The number of carbonyl (C=O) groups is 1. The number of nitrogens with zero attached hydrogens (tertiary/aromatic N) is 2. The molecule has 0 atom stereocenters. The fourth-order valence-corrected chi connectivity index (χ4v) is 4.66. The molecule has 7 nitrogen and oxygen atoms in total. The number of aryl methyl sites for hydroxylation is 1. The molecule has 5 aromatic rings. The van der Waals surface area contributed by atoms with E-state index in [1.807, 2.05) is 76.2 Å². The number of hydrogen-bond donors (Lipinski definition) is 1. The molecule has 0 aliphatic rings. The second kappa shape index (κ2) is 9.77. The molecule has 5 rings (SSSR count). The second-order valence-corrected chi connectivity index (χ2v) is 8.31. The molecule has 2 heterocycles. The number of para-hydroxylation sites is 2. The number of hydrogen-bond acceptors (Lipinski definition) is 5. The van der Waals surface area contributed by atoms with Gasteiger partial charge in [-0.2, -0.15) is 0 Å². The normalized spacial score (nSPS) is 11.2. The fourth-order valence-electron chi connectivity index (χ4n) is 4.66. The maximum Gasteiger partial charge on any atom is 0.256 e. The average Bonchev–Trinajstić information content (AvgIpc) is 3.21. The molecule has 7 heteroatoms. The molecule has 0 saturated heterocycles. The summed E-state index contributed by atoms with van der Waals surface area (Å²) < 4.78 is 19.5. The lowest BCUT2D eigenvalue weighted by Crippen LogP contribution is -2.13. The standard InChI is InChI=1S/C29H29N3O4/c1-5-34-24-16-19(17-25(35-6-2)28(24)36-7-3)29(33)31-26-21-13-9-11-15-23(21)32-18(4)30-22-14-10-8-12-20(22)27(26)32/h8-17H,5-7H2,1-4H3,(H,31,33). The molecule has 2 aromatic heterocycles. The van der Waals surface area contributed by atoms with Gasteiger partial charge in [-0.05, 0) is 52.0 Å². The zero-order valence-corrected chi connectivity index (χ0v) is 20.9. The van der Waals surface area contributed by atoms with Crippen molar-refractivity contribution in [3.05, 3.63) is 72.1 Å². The van der Waals surface area contributed by atoms with Crippen LogP contribution in [0.5, 0.6) is 17.2 Å². The number of nitrogens with one attached hydrogen (secondary N) is 1. The van der Waals surface area contributed by atoms with Crippen LogP contribution in [-0.2, 0) is 0 Å². The minimum absolute atomic E-state index is 0.267. The molecule has 36 heavy (non-hydrogen) atoms. The summed E-state index contributed by atoms with van der Waals surface area (Å²) >= 11 is 0. The molecule has 0 aliphatic carbocycles. The van der Waals surface area contributed by atoms with Crippen molar-refractivity contribution >= 4 is 38.9 Å². The quantitative estimate of drug-likeness (QED) is 0.277. The van der Waals surface area contributed by atoms with Gasteiger partial charge >= 0.3 is 0 Å². The van der Waals surface area contributed by atoms with Gasteiger partial charge < -0.3 is 19.5 Å². The van der Waals surface area contributed by atoms with Crippen molar-refractivity contribution < 1.29 is 19.0 Å². The number of carbonyl (C=O) groups excluding carboxylic acids is 1. The predicted octanol–water partition coefficient (Wildman–Crippen LogP) is 6.40. The lowest BCUT2D eigenvalue weighted by atomic mass is 10.1. The fraction of sp³-hybridized carbons (Fsp3) is 0.241. The van der Waals surface area contributed by atoms with Gasteiger partial charge in [-0.1, -0.05) is 36.4 Å². The van der Waals surface area contributed by atoms with Crippen molar-refractivity contribution in [3.63, 3.8) is 0 Å². The maximum absolute atomic E-state index is 13.7. The minimum atomic E-state index is -0.267. The van der Waals surface area contributed by atoms with Crippen LogP contribution >= 0.6 is 0 Å². The van der Waals surface area contributed by atoms with Crippen LogP contribution in [0.1, 0.15) is 37.0 Å². The summed E-state index contributed by atoms with van der Waals surface area (Å²) in [6.07, 6.45) is 0. The molecule has 0 aliphatic heterocycles. The summed E-state index contributed by atoms with van der Waals surface area (Å²) in [5, 5.41) is 5.10. The van der Waals surface area contributed by atoms with Gasteiger partial charge in [0.25, 0.3) is 5.91 Å². The van der Waals surface area contributed by atoms with E-state index in [0.717, 1.165) is 38.8 Å². The summed E-state index contributed by atoms with van der Waals surface area (Å²) in [6.45, 7) is 8.99. The van der Waals surface area contributed by atoms with E-state index in [2.05, 4.69) is 9.72 Å². The topological polar surface area (TPSA) is 74.1 Å². The minimum Gasteiger partial charge on any atom is -0.490 e.